The molecule has 5 heteroatoms. The summed E-state index contributed by atoms with van der Waals surface area (Å²) in [5.41, 5.74) is 0. The zero-order chi connectivity index (χ0) is 14.7. The molecule has 1 aromatic rings. The Bertz CT molecular complexity index is 482. The molecule has 0 aromatic carbocycles. The summed E-state index contributed by atoms with van der Waals surface area (Å²) in [5, 5.41) is 0. The predicted molar refractivity (Wildman–Crippen MR) is 80.0 cm³/mol. The van der Waals surface area contributed by atoms with Gasteiger partial charge in [0.2, 0.25) is 5.91 Å². The van der Waals surface area contributed by atoms with E-state index in [0.717, 1.165) is 44.2 Å². The minimum Gasteiger partial charge on any atom is -0.372 e. The van der Waals surface area contributed by atoms with Crippen molar-refractivity contribution in [2.24, 2.45) is 5.92 Å². The molecule has 0 N–H and O–H groups in total. The maximum Gasteiger partial charge on any atom is 0.248 e. The van der Waals surface area contributed by atoms with Crippen molar-refractivity contribution in [3.63, 3.8) is 0 Å². The molecular weight excluding hydrogens is 266 g/mol. The third kappa shape index (κ3) is 3.64. The molecule has 0 unspecified atom stereocenters. The third-order valence-corrected chi connectivity index (χ3v) is 4.47. The van der Waals surface area contributed by atoms with Crippen molar-refractivity contribution in [3.05, 3.63) is 18.2 Å². The van der Waals surface area contributed by atoms with E-state index < -0.39 is 0 Å². The van der Waals surface area contributed by atoms with Crippen LogP contribution in [0.2, 0.25) is 0 Å². The Hall–Kier alpha value is -1.36. The van der Waals surface area contributed by atoms with Crippen LogP contribution in [0.15, 0.2) is 12.4 Å². The number of imidazole rings is 1. The highest BCUT2D eigenvalue weighted by atomic mass is 16.5. The number of carbonyl (C=O) groups is 1. The van der Waals surface area contributed by atoms with E-state index in [1.807, 2.05) is 18.0 Å². The molecular formula is C16H25N3O2. The van der Waals surface area contributed by atoms with Gasteiger partial charge >= 0.3 is 0 Å². The zero-order valence-electron chi connectivity index (χ0n) is 12.8. The second kappa shape index (κ2) is 6.60. The molecule has 5 nitrogen and oxygen atoms in total. The first-order chi connectivity index (χ1) is 10.3. The molecule has 1 aromatic heterocycles. The largest absolute Gasteiger partial charge is 0.372 e. The Morgan fingerprint density at radius 2 is 2.29 bits per heavy atom. The van der Waals surface area contributed by atoms with Gasteiger partial charge in [0.1, 0.15) is 12.4 Å². The highest BCUT2D eigenvalue weighted by Gasteiger charge is 2.29. The van der Waals surface area contributed by atoms with Gasteiger partial charge in [0.25, 0.3) is 0 Å². The molecule has 2 heterocycles. The quantitative estimate of drug-likeness (QED) is 0.806. The third-order valence-electron chi connectivity index (χ3n) is 4.47. The molecule has 1 saturated heterocycles. The molecule has 1 aliphatic heterocycles. The number of aromatic nitrogens is 2. The van der Waals surface area contributed by atoms with Gasteiger partial charge in [0, 0.05) is 44.6 Å². The molecule has 1 atom stereocenters. The van der Waals surface area contributed by atoms with Crippen LogP contribution in [0.1, 0.15) is 44.3 Å². The Morgan fingerprint density at radius 3 is 3.05 bits per heavy atom. The second-order valence-electron chi connectivity index (χ2n) is 6.20. The fourth-order valence-electron chi connectivity index (χ4n) is 3.11. The maximum absolute atomic E-state index is 12.1. The Kier molecular flexibility index (Phi) is 4.58. The van der Waals surface area contributed by atoms with E-state index in [9.17, 15) is 4.79 Å². The molecule has 0 radical (unpaired) electrons. The summed E-state index contributed by atoms with van der Waals surface area (Å²) in [6.45, 7) is 5.45. The van der Waals surface area contributed by atoms with Crippen LogP contribution in [-0.4, -0.2) is 46.7 Å². The van der Waals surface area contributed by atoms with Crippen LogP contribution in [0.4, 0.5) is 0 Å². The molecule has 1 saturated carbocycles. The Labute approximate surface area is 126 Å². The van der Waals surface area contributed by atoms with E-state index in [1.54, 1.807) is 0 Å². The van der Waals surface area contributed by atoms with E-state index in [1.165, 1.54) is 12.8 Å². The molecule has 2 fully saturated rings. The van der Waals surface area contributed by atoms with Crippen molar-refractivity contribution in [1.82, 2.24) is 14.5 Å². The molecule has 1 aliphatic carbocycles. The van der Waals surface area contributed by atoms with Gasteiger partial charge in [-0.3, -0.25) is 4.79 Å². The van der Waals surface area contributed by atoms with Crippen molar-refractivity contribution in [3.8, 4) is 0 Å². The van der Waals surface area contributed by atoms with Crippen molar-refractivity contribution in [2.75, 3.05) is 26.3 Å². The minimum atomic E-state index is 0.113. The lowest BCUT2D eigenvalue weighted by molar-refractivity contribution is -0.137. The Morgan fingerprint density at radius 1 is 1.43 bits per heavy atom. The van der Waals surface area contributed by atoms with E-state index in [-0.39, 0.29) is 12.5 Å². The predicted octanol–water partition coefficient (Wildman–Crippen LogP) is 2.04. The van der Waals surface area contributed by atoms with E-state index in [2.05, 4.69) is 15.7 Å². The van der Waals surface area contributed by atoms with Crippen LogP contribution in [0, 0.1) is 5.92 Å². The van der Waals surface area contributed by atoms with Gasteiger partial charge in [-0.15, -0.1) is 0 Å². The van der Waals surface area contributed by atoms with Crippen LogP contribution in [0.3, 0.4) is 0 Å². The van der Waals surface area contributed by atoms with Crippen LogP contribution < -0.4 is 0 Å². The summed E-state index contributed by atoms with van der Waals surface area (Å²) in [4.78, 5) is 18.6. The zero-order valence-corrected chi connectivity index (χ0v) is 12.8. The molecule has 0 bridgehead atoms. The highest BCUT2D eigenvalue weighted by Crippen LogP contribution is 2.33. The number of hydrogen-bond donors (Lipinski definition) is 0. The lowest BCUT2D eigenvalue weighted by Gasteiger charge is -2.32. The lowest BCUT2D eigenvalue weighted by Crippen LogP contribution is -2.41. The number of likely N-dealkylation sites (tertiary alicyclic amines) is 1. The first-order valence-electron chi connectivity index (χ1n) is 8.14. The summed E-state index contributed by atoms with van der Waals surface area (Å²) in [6, 6.07) is 0. The minimum absolute atomic E-state index is 0.113. The summed E-state index contributed by atoms with van der Waals surface area (Å²) >= 11 is 0. The molecule has 1 amide bonds. The first-order valence-corrected chi connectivity index (χ1v) is 8.14. The molecule has 21 heavy (non-hydrogen) atoms. The molecule has 3 rings (SSSR count). The van der Waals surface area contributed by atoms with Gasteiger partial charge in [0.05, 0.1) is 0 Å². The topological polar surface area (TPSA) is 47.4 Å². The van der Waals surface area contributed by atoms with Crippen molar-refractivity contribution >= 4 is 5.91 Å². The summed E-state index contributed by atoms with van der Waals surface area (Å²) < 4.78 is 7.55. The summed E-state index contributed by atoms with van der Waals surface area (Å²) in [7, 11) is 0. The molecule has 0 spiro atoms. The fourth-order valence-corrected chi connectivity index (χ4v) is 3.11. The molecule has 2 aliphatic rings. The first kappa shape index (κ1) is 14.6. The number of rotatable bonds is 6. The fraction of sp³-hybridized carbons (Fsp3) is 0.750. The normalized spacial score (nSPS) is 22.5. The summed E-state index contributed by atoms with van der Waals surface area (Å²) in [5.74, 6) is 2.49. The van der Waals surface area contributed by atoms with Gasteiger partial charge in [-0.05, 0) is 38.5 Å². The summed E-state index contributed by atoms with van der Waals surface area (Å²) in [6.07, 6.45) is 8.87. The van der Waals surface area contributed by atoms with Gasteiger partial charge in [0.15, 0.2) is 0 Å². The van der Waals surface area contributed by atoms with E-state index >= 15 is 0 Å². The van der Waals surface area contributed by atoms with Crippen LogP contribution in [0.25, 0.3) is 0 Å². The average Bonchev–Trinajstić information content (AvgIpc) is 3.20. The number of amides is 1. The van der Waals surface area contributed by atoms with Crippen molar-refractivity contribution in [1.29, 1.82) is 0 Å². The smallest absolute Gasteiger partial charge is 0.248 e. The SMILES string of the molecule is CCOCC(=O)N1CCC[C@H](c2nccn2CC2CC2)C1. The van der Waals surface area contributed by atoms with Gasteiger partial charge in [-0.1, -0.05) is 0 Å². The van der Waals surface area contributed by atoms with Crippen LogP contribution in [0.5, 0.6) is 0 Å². The van der Waals surface area contributed by atoms with E-state index in [4.69, 9.17) is 4.74 Å². The van der Waals surface area contributed by atoms with E-state index in [0.29, 0.717) is 12.5 Å². The van der Waals surface area contributed by atoms with Crippen LogP contribution in [-0.2, 0) is 16.1 Å². The van der Waals surface area contributed by atoms with Crippen LogP contribution >= 0.6 is 0 Å². The maximum atomic E-state index is 12.1. The molecule has 116 valence electrons. The number of carbonyl (C=O) groups excluding carboxylic acids is 1. The van der Waals surface area contributed by atoms with Crippen molar-refractivity contribution in [2.45, 2.75) is 45.1 Å². The standard InChI is InChI=1S/C16H25N3O2/c1-2-21-12-15(20)18-8-3-4-14(11-18)16-17-7-9-19(16)10-13-5-6-13/h7,9,13-14H,2-6,8,10-12H2,1H3/t14-/m0/s1. The monoisotopic (exact) mass is 291 g/mol. The van der Waals surface area contributed by atoms with Crippen molar-refractivity contribution < 1.29 is 9.53 Å². The average molecular weight is 291 g/mol. The second-order valence-corrected chi connectivity index (χ2v) is 6.20. The van der Waals surface area contributed by atoms with Gasteiger partial charge in [-0.25, -0.2) is 4.98 Å². The Balaban J connectivity index is 1.62. The van der Waals surface area contributed by atoms with Gasteiger partial charge < -0.3 is 14.2 Å². The lowest BCUT2D eigenvalue weighted by atomic mass is 9.97. The highest BCUT2D eigenvalue weighted by molar-refractivity contribution is 5.77. The number of hydrogen-bond acceptors (Lipinski definition) is 3. The number of piperidine rings is 1. The van der Waals surface area contributed by atoms with Gasteiger partial charge in [-0.2, -0.15) is 0 Å². The number of nitrogens with zero attached hydrogens (tertiary/aromatic N) is 3. The number of ether oxygens (including phenoxy) is 1.